The Bertz CT molecular complexity index is 1170. The van der Waals surface area contributed by atoms with Crippen molar-refractivity contribution < 1.29 is 23.1 Å². The van der Waals surface area contributed by atoms with Gasteiger partial charge in [0.15, 0.2) is 5.78 Å². The van der Waals surface area contributed by atoms with E-state index in [1.165, 1.54) is 12.5 Å². The summed E-state index contributed by atoms with van der Waals surface area (Å²) in [4.78, 5) is 28.8. The molecule has 1 saturated heterocycles. The molecule has 1 aliphatic heterocycles. The highest BCUT2D eigenvalue weighted by molar-refractivity contribution is 6.52. The molecular formula is C29H32F2N2O3. The first-order chi connectivity index (χ1) is 17.4. The lowest BCUT2D eigenvalue weighted by Gasteiger charge is -2.26. The van der Waals surface area contributed by atoms with Gasteiger partial charge in [-0.05, 0) is 93.9 Å². The molecule has 0 bridgehead atoms. The van der Waals surface area contributed by atoms with Crippen molar-refractivity contribution in [2.75, 3.05) is 26.7 Å². The van der Waals surface area contributed by atoms with Crippen molar-refractivity contribution in [1.82, 2.24) is 4.90 Å². The maximum absolute atomic E-state index is 15.0. The molecule has 36 heavy (non-hydrogen) atoms. The third-order valence-electron chi connectivity index (χ3n) is 7.14. The number of benzene rings is 2. The molecule has 7 heteroatoms. The minimum absolute atomic E-state index is 0.00787. The van der Waals surface area contributed by atoms with E-state index in [0.29, 0.717) is 18.6 Å². The van der Waals surface area contributed by atoms with E-state index in [0.717, 1.165) is 50.2 Å². The van der Waals surface area contributed by atoms with E-state index in [9.17, 15) is 14.0 Å². The van der Waals surface area contributed by atoms with Crippen LogP contribution in [0.3, 0.4) is 0 Å². The number of nitrogens with one attached hydrogen (secondary N) is 1. The third kappa shape index (κ3) is 5.78. The minimum atomic E-state index is -0.853. The number of rotatable bonds is 9. The molecule has 5 nitrogen and oxygen atoms in total. The van der Waals surface area contributed by atoms with Gasteiger partial charge >= 0.3 is 0 Å². The summed E-state index contributed by atoms with van der Waals surface area (Å²) >= 11 is 0. The summed E-state index contributed by atoms with van der Waals surface area (Å²) < 4.78 is 35.1. The number of carbonyl (C=O) groups is 2. The number of piperidine rings is 1. The van der Waals surface area contributed by atoms with Gasteiger partial charge in [-0.15, -0.1) is 0 Å². The second kappa shape index (κ2) is 11.7. The number of nitrogens with zero attached hydrogens (tertiary/aromatic N) is 1. The number of Topliss-reactive ketones (excluding diaryl/α,β-unsaturated/α-hetero) is 2. The minimum Gasteiger partial charge on any atom is -0.497 e. The normalized spacial score (nSPS) is 18.2. The second-order valence-corrected chi connectivity index (χ2v) is 9.56. The number of methoxy groups -OCH3 is 1. The zero-order valence-corrected chi connectivity index (χ0v) is 20.6. The van der Waals surface area contributed by atoms with Gasteiger partial charge in [0, 0.05) is 5.56 Å². The van der Waals surface area contributed by atoms with E-state index in [-0.39, 0.29) is 29.7 Å². The van der Waals surface area contributed by atoms with Crippen LogP contribution in [0.4, 0.5) is 8.78 Å². The Balaban J connectivity index is 1.55. The van der Waals surface area contributed by atoms with Crippen LogP contribution in [-0.4, -0.2) is 48.9 Å². The number of ether oxygens (including phenoxy) is 1. The summed E-state index contributed by atoms with van der Waals surface area (Å²) in [6, 6.07) is 9.21. The Morgan fingerprint density at radius 3 is 2.44 bits per heavy atom. The molecule has 1 atom stereocenters. The van der Waals surface area contributed by atoms with Crippen LogP contribution in [0.2, 0.25) is 0 Å². The lowest BCUT2D eigenvalue weighted by atomic mass is 9.86. The fraction of sp³-hybridized carbons (Fsp3) is 0.414. The highest BCUT2D eigenvalue weighted by atomic mass is 19.1. The van der Waals surface area contributed by atoms with Crippen molar-refractivity contribution in [3.63, 3.8) is 0 Å². The van der Waals surface area contributed by atoms with Gasteiger partial charge in [-0.1, -0.05) is 24.6 Å². The van der Waals surface area contributed by atoms with Gasteiger partial charge in [-0.2, -0.15) is 0 Å². The quantitative estimate of drug-likeness (QED) is 0.360. The van der Waals surface area contributed by atoms with E-state index in [1.54, 1.807) is 19.2 Å². The van der Waals surface area contributed by atoms with Gasteiger partial charge in [0.2, 0.25) is 5.78 Å². The molecule has 1 heterocycles. The average molecular weight is 495 g/mol. The van der Waals surface area contributed by atoms with Crippen LogP contribution in [0, 0.1) is 17.0 Å². The summed E-state index contributed by atoms with van der Waals surface area (Å²) in [5.41, 5.74) is 0.0641. The molecule has 0 aromatic heterocycles. The van der Waals surface area contributed by atoms with Crippen LogP contribution in [-0.2, 0) is 11.2 Å². The van der Waals surface area contributed by atoms with Crippen LogP contribution in [0.5, 0.6) is 5.75 Å². The van der Waals surface area contributed by atoms with Crippen molar-refractivity contribution in [2.45, 2.75) is 50.9 Å². The summed E-state index contributed by atoms with van der Waals surface area (Å²) in [5, 5.41) is 8.32. The van der Waals surface area contributed by atoms with E-state index in [1.807, 2.05) is 12.1 Å². The monoisotopic (exact) mass is 494 g/mol. The van der Waals surface area contributed by atoms with Crippen LogP contribution in [0.25, 0.3) is 0 Å². The Labute approximate surface area is 210 Å². The second-order valence-electron chi connectivity index (χ2n) is 9.56. The Hall–Kier alpha value is -3.19. The maximum Gasteiger partial charge on any atom is 0.210 e. The number of hydrogen-bond acceptors (Lipinski definition) is 5. The Morgan fingerprint density at radius 2 is 1.75 bits per heavy atom. The fourth-order valence-corrected chi connectivity index (χ4v) is 5.17. The number of carbonyl (C=O) groups excluding carboxylic acids is 2. The number of hydrogen-bond donors (Lipinski definition) is 1. The molecule has 2 aliphatic rings. The summed E-state index contributed by atoms with van der Waals surface area (Å²) in [6.45, 7) is 2.86. The number of ketones is 2. The smallest absolute Gasteiger partial charge is 0.210 e. The van der Waals surface area contributed by atoms with E-state index in [4.69, 9.17) is 10.1 Å². The highest BCUT2D eigenvalue weighted by Crippen LogP contribution is 2.36. The summed E-state index contributed by atoms with van der Waals surface area (Å²) in [6.07, 6.45) is 6.46. The fourth-order valence-electron chi connectivity index (χ4n) is 5.17. The molecule has 1 unspecified atom stereocenters. The molecule has 1 N–H and O–H groups in total. The number of fused-ring (bicyclic) bond motifs is 1. The third-order valence-corrected chi connectivity index (χ3v) is 7.14. The predicted molar refractivity (Wildman–Crippen MR) is 135 cm³/mol. The standard InChI is InChI=1S/C29H32F2N2O3/c1-36-21-10-7-19(8-11-21)18-20-9-12-22(29(35)27-24(31)14-13-23(30)26(20)27)28(34)25(32)6-5-17-33-15-3-2-4-16-33/h7-8,10-14,20,32H,2-6,9,15-18H2,1H3. The van der Waals surface area contributed by atoms with E-state index < -0.39 is 34.7 Å². The molecule has 1 aliphatic carbocycles. The zero-order chi connectivity index (χ0) is 25.7. The van der Waals surface area contributed by atoms with Crippen molar-refractivity contribution in [1.29, 1.82) is 5.41 Å². The first kappa shape index (κ1) is 25.9. The van der Waals surface area contributed by atoms with E-state index >= 15 is 4.39 Å². The molecule has 0 amide bonds. The van der Waals surface area contributed by atoms with Crippen molar-refractivity contribution >= 4 is 17.3 Å². The zero-order valence-electron chi connectivity index (χ0n) is 20.6. The van der Waals surface area contributed by atoms with Crippen LogP contribution >= 0.6 is 0 Å². The van der Waals surface area contributed by atoms with Crippen LogP contribution < -0.4 is 4.74 Å². The lowest BCUT2D eigenvalue weighted by Crippen LogP contribution is -2.31. The Kier molecular flexibility index (Phi) is 8.41. The topological polar surface area (TPSA) is 70.5 Å². The first-order valence-corrected chi connectivity index (χ1v) is 12.6. The van der Waals surface area contributed by atoms with Gasteiger partial charge in [0.25, 0.3) is 0 Å². The van der Waals surface area contributed by atoms with Gasteiger partial charge in [0.05, 0.1) is 24.0 Å². The molecule has 0 radical (unpaired) electrons. The van der Waals surface area contributed by atoms with Crippen LogP contribution in [0.15, 0.2) is 48.0 Å². The van der Waals surface area contributed by atoms with Gasteiger partial charge in [-0.3, -0.25) is 9.59 Å². The molecular weight excluding hydrogens is 462 g/mol. The molecule has 190 valence electrons. The van der Waals surface area contributed by atoms with Gasteiger partial charge in [-0.25, -0.2) is 8.78 Å². The lowest BCUT2D eigenvalue weighted by molar-refractivity contribution is -0.109. The molecule has 0 saturated carbocycles. The average Bonchev–Trinajstić information content (AvgIpc) is 3.04. The predicted octanol–water partition coefficient (Wildman–Crippen LogP) is 5.67. The molecule has 2 aromatic rings. The van der Waals surface area contributed by atoms with Crippen LogP contribution in [0.1, 0.15) is 65.9 Å². The van der Waals surface area contributed by atoms with Gasteiger partial charge in [0.1, 0.15) is 17.4 Å². The maximum atomic E-state index is 15.0. The highest BCUT2D eigenvalue weighted by Gasteiger charge is 2.34. The SMILES string of the molecule is COc1ccc(CC2CC=C(C(=O)C(=N)CCCN3CCCCC3)C(=O)c3c(F)ccc(F)c32)cc1. The molecule has 4 rings (SSSR count). The largest absolute Gasteiger partial charge is 0.497 e. The summed E-state index contributed by atoms with van der Waals surface area (Å²) in [7, 11) is 1.56. The van der Waals surface area contributed by atoms with Crippen molar-refractivity contribution in [3.8, 4) is 5.75 Å². The number of allylic oxidation sites excluding steroid dienone is 2. The van der Waals surface area contributed by atoms with Crippen molar-refractivity contribution in [2.24, 2.45) is 0 Å². The van der Waals surface area contributed by atoms with Gasteiger partial charge < -0.3 is 15.0 Å². The van der Waals surface area contributed by atoms with E-state index in [2.05, 4.69) is 4.90 Å². The van der Waals surface area contributed by atoms with Crippen molar-refractivity contribution in [3.05, 3.63) is 76.4 Å². The number of halogens is 2. The Morgan fingerprint density at radius 1 is 1.06 bits per heavy atom. The summed E-state index contributed by atoms with van der Waals surface area (Å²) in [5.74, 6) is -2.92. The molecule has 2 aromatic carbocycles. The molecule has 0 spiro atoms. The number of likely N-dealkylation sites (tertiary alicyclic amines) is 1. The molecule has 1 fully saturated rings. The first-order valence-electron chi connectivity index (χ1n) is 12.6.